The zero-order valence-corrected chi connectivity index (χ0v) is 11.5. The third-order valence-electron chi connectivity index (χ3n) is 3.02. The second kappa shape index (κ2) is 5.24. The van der Waals surface area contributed by atoms with Crippen LogP contribution in [0.2, 0.25) is 0 Å². The van der Waals surface area contributed by atoms with E-state index in [2.05, 4.69) is 31.7 Å². The van der Waals surface area contributed by atoms with Crippen LogP contribution < -0.4 is 4.90 Å². The molecule has 94 valence electrons. The fourth-order valence-corrected chi connectivity index (χ4v) is 2.69. The third-order valence-corrected chi connectivity index (χ3v) is 4.06. The molecular weight excluding hydrogens is 266 g/mol. The number of thiophene rings is 1. The van der Waals surface area contributed by atoms with Gasteiger partial charge in [0.25, 0.3) is 0 Å². The van der Waals surface area contributed by atoms with Gasteiger partial charge in [0.05, 0.1) is 5.88 Å². The zero-order chi connectivity index (χ0) is 12.4. The molecule has 0 unspecified atom stereocenters. The van der Waals surface area contributed by atoms with Gasteiger partial charge < -0.3 is 4.90 Å². The van der Waals surface area contributed by atoms with Crippen LogP contribution in [-0.2, 0) is 12.4 Å². The Balaban J connectivity index is 1.80. The van der Waals surface area contributed by atoms with E-state index in [1.54, 1.807) is 11.3 Å². The van der Waals surface area contributed by atoms with E-state index in [9.17, 15) is 0 Å². The van der Waals surface area contributed by atoms with Crippen LogP contribution in [-0.4, -0.2) is 16.0 Å². The topological polar surface area (TPSA) is 29.0 Å². The molecule has 0 radical (unpaired) electrons. The molecule has 0 aromatic carbocycles. The minimum Gasteiger partial charge on any atom is -0.333 e. The highest BCUT2D eigenvalue weighted by Gasteiger charge is 2.30. The smallest absolute Gasteiger partial charge is 0.225 e. The summed E-state index contributed by atoms with van der Waals surface area (Å²) in [5, 5.41) is 4.29. The van der Waals surface area contributed by atoms with Crippen molar-refractivity contribution in [2.24, 2.45) is 0 Å². The highest BCUT2D eigenvalue weighted by molar-refractivity contribution is 7.07. The standard InChI is InChI=1S/C13H14ClN3S/c14-5-11-6-15-13(16-7-11)17(12-1-2-12)8-10-3-4-18-9-10/h3-4,6-7,9,12H,1-2,5,8H2. The molecule has 5 heteroatoms. The van der Waals surface area contributed by atoms with Gasteiger partial charge in [-0.3, -0.25) is 0 Å². The molecule has 0 aliphatic heterocycles. The molecule has 0 atom stereocenters. The predicted molar refractivity (Wildman–Crippen MR) is 75.1 cm³/mol. The van der Waals surface area contributed by atoms with Gasteiger partial charge in [0.1, 0.15) is 0 Å². The van der Waals surface area contributed by atoms with E-state index in [1.165, 1.54) is 18.4 Å². The van der Waals surface area contributed by atoms with Crippen molar-refractivity contribution in [2.45, 2.75) is 31.3 Å². The van der Waals surface area contributed by atoms with Gasteiger partial charge in [-0.25, -0.2) is 9.97 Å². The minimum atomic E-state index is 0.467. The summed E-state index contributed by atoms with van der Waals surface area (Å²) in [6.45, 7) is 0.897. The Morgan fingerprint density at radius 3 is 2.61 bits per heavy atom. The molecule has 3 rings (SSSR count). The Bertz CT molecular complexity index is 493. The van der Waals surface area contributed by atoms with Gasteiger partial charge in [-0.15, -0.1) is 11.6 Å². The largest absolute Gasteiger partial charge is 0.333 e. The third kappa shape index (κ3) is 2.65. The number of rotatable bonds is 5. The Morgan fingerprint density at radius 1 is 1.28 bits per heavy atom. The molecule has 0 N–H and O–H groups in total. The summed E-state index contributed by atoms with van der Waals surface area (Å²) >= 11 is 7.49. The first-order chi connectivity index (χ1) is 8.86. The summed E-state index contributed by atoms with van der Waals surface area (Å²) in [6.07, 6.45) is 6.12. The van der Waals surface area contributed by atoms with Crippen molar-refractivity contribution in [3.8, 4) is 0 Å². The van der Waals surface area contributed by atoms with Crippen LogP contribution in [0.3, 0.4) is 0 Å². The van der Waals surface area contributed by atoms with E-state index >= 15 is 0 Å². The molecule has 2 heterocycles. The number of hydrogen-bond acceptors (Lipinski definition) is 4. The van der Waals surface area contributed by atoms with Crippen molar-refractivity contribution in [1.29, 1.82) is 0 Å². The zero-order valence-electron chi connectivity index (χ0n) is 9.92. The Morgan fingerprint density at radius 2 is 2.06 bits per heavy atom. The van der Waals surface area contributed by atoms with Crippen molar-refractivity contribution < 1.29 is 0 Å². The van der Waals surface area contributed by atoms with Gasteiger partial charge >= 0.3 is 0 Å². The molecule has 1 fully saturated rings. The van der Waals surface area contributed by atoms with Crippen molar-refractivity contribution in [1.82, 2.24) is 9.97 Å². The van der Waals surface area contributed by atoms with E-state index in [4.69, 9.17) is 11.6 Å². The Labute approximate surface area is 115 Å². The summed E-state index contributed by atoms with van der Waals surface area (Å²) < 4.78 is 0. The number of hydrogen-bond donors (Lipinski definition) is 0. The number of nitrogens with zero attached hydrogens (tertiary/aromatic N) is 3. The van der Waals surface area contributed by atoms with E-state index in [0.29, 0.717) is 11.9 Å². The van der Waals surface area contributed by atoms with E-state index < -0.39 is 0 Å². The van der Waals surface area contributed by atoms with Crippen LogP contribution in [0.25, 0.3) is 0 Å². The molecule has 1 saturated carbocycles. The maximum absolute atomic E-state index is 5.76. The first kappa shape index (κ1) is 11.9. The molecule has 0 saturated heterocycles. The van der Waals surface area contributed by atoms with Gasteiger partial charge in [0.15, 0.2) is 0 Å². The number of aromatic nitrogens is 2. The molecule has 0 bridgehead atoms. The highest BCUT2D eigenvalue weighted by Crippen LogP contribution is 2.31. The quantitative estimate of drug-likeness (QED) is 0.785. The molecule has 2 aromatic heterocycles. The van der Waals surface area contributed by atoms with Gasteiger partial charge in [0, 0.05) is 30.5 Å². The molecular formula is C13H14ClN3S. The molecule has 3 nitrogen and oxygen atoms in total. The highest BCUT2D eigenvalue weighted by atomic mass is 35.5. The predicted octanol–water partition coefficient (Wildman–Crippen LogP) is 3.45. The monoisotopic (exact) mass is 279 g/mol. The lowest BCUT2D eigenvalue weighted by Gasteiger charge is -2.21. The normalized spacial score (nSPS) is 14.7. The lowest BCUT2D eigenvalue weighted by atomic mass is 10.3. The summed E-state index contributed by atoms with van der Waals surface area (Å²) in [5.74, 6) is 1.28. The molecule has 1 aliphatic rings. The summed E-state index contributed by atoms with van der Waals surface area (Å²) in [5.41, 5.74) is 2.30. The second-order valence-electron chi connectivity index (χ2n) is 4.52. The Kier molecular flexibility index (Phi) is 3.48. The first-order valence-corrected chi connectivity index (χ1v) is 7.49. The van der Waals surface area contributed by atoms with Crippen LogP contribution in [0, 0.1) is 0 Å². The minimum absolute atomic E-state index is 0.467. The van der Waals surface area contributed by atoms with Crippen LogP contribution in [0.15, 0.2) is 29.2 Å². The number of anilines is 1. The average Bonchev–Trinajstić information content (AvgIpc) is 3.13. The van der Waals surface area contributed by atoms with E-state index in [1.807, 2.05) is 12.4 Å². The maximum Gasteiger partial charge on any atom is 0.225 e. The molecule has 2 aromatic rings. The lowest BCUT2D eigenvalue weighted by molar-refractivity contribution is 0.758. The van der Waals surface area contributed by atoms with Crippen LogP contribution in [0.1, 0.15) is 24.0 Å². The van der Waals surface area contributed by atoms with Gasteiger partial charge in [-0.1, -0.05) is 0 Å². The summed E-state index contributed by atoms with van der Waals surface area (Å²) in [7, 11) is 0. The van der Waals surface area contributed by atoms with Crippen LogP contribution in [0.5, 0.6) is 0 Å². The second-order valence-corrected chi connectivity index (χ2v) is 5.56. The number of alkyl halides is 1. The molecule has 0 spiro atoms. The van der Waals surface area contributed by atoms with Crippen molar-refractivity contribution in [3.05, 3.63) is 40.3 Å². The molecule has 18 heavy (non-hydrogen) atoms. The average molecular weight is 280 g/mol. The SMILES string of the molecule is ClCc1cnc(N(Cc2ccsc2)C2CC2)nc1. The van der Waals surface area contributed by atoms with Crippen molar-refractivity contribution in [2.75, 3.05) is 4.90 Å². The lowest BCUT2D eigenvalue weighted by Crippen LogP contribution is -2.26. The fourth-order valence-electron chi connectivity index (χ4n) is 1.89. The fraction of sp³-hybridized carbons (Fsp3) is 0.385. The summed E-state index contributed by atoms with van der Waals surface area (Å²) in [4.78, 5) is 11.1. The maximum atomic E-state index is 5.76. The molecule has 0 amide bonds. The van der Waals surface area contributed by atoms with E-state index in [0.717, 1.165) is 18.1 Å². The van der Waals surface area contributed by atoms with Gasteiger partial charge in [0.2, 0.25) is 5.95 Å². The van der Waals surface area contributed by atoms with Crippen LogP contribution >= 0.6 is 22.9 Å². The van der Waals surface area contributed by atoms with Gasteiger partial charge in [-0.05, 0) is 35.2 Å². The van der Waals surface area contributed by atoms with Gasteiger partial charge in [-0.2, -0.15) is 11.3 Å². The van der Waals surface area contributed by atoms with E-state index in [-0.39, 0.29) is 0 Å². The van der Waals surface area contributed by atoms with Crippen molar-refractivity contribution in [3.63, 3.8) is 0 Å². The van der Waals surface area contributed by atoms with Crippen molar-refractivity contribution >= 4 is 28.9 Å². The molecule has 1 aliphatic carbocycles. The first-order valence-electron chi connectivity index (χ1n) is 6.01. The Hall–Kier alpha value is -1.13. The number of halogens is 1. The van der Waals surface area contributed by atoms with Crippen LogP contribution in [0.4, 0.5) is 5.95 Å². The summed E-state index contributed by atoms with van der Waals surface area (Å²) in [6, 6.07) is 2.76.